The highest BCUT2D eigenvalue weighted by molar-refractivity contribution is 6.21. The maximum Gasteiger partial charge on any atom is 0.238 e. The van der Waals surface area contributed by atoms with E-state index in [1.165, 1.54) is 22.9 Å². The van der Waals surface area contributed by atoms with Crippen molar-refractivity contribution in [3.63, 3.8) is 0 Å². The van der Waals surface area contributed by atoms with Crippen molar-refractivity contribution in [2.24, 2.45) is 0 Å². The van der Waals surface area contributed by atoms with Gasteiger partial charge in [0.05, 0.1) is 11.0 Å². The molecule has 62 heavy (non-hydrogen) atoms. The molecule has 296 valence electrons. The predicted molar refractivity (Wildman–Crippen MR) is 256 cm³/mol. The van der Waals surface area contributed by atoms with Crippen LogP contribution in [-0.4, -0.2) is 19.5 Å². The number of hydrogen-bond donors (Lipinski definition) is 0. The predicted octanol–water partition coefficient (Wildman–Crippen LogP) is 15.3. The molecule has 6 nitrogen and oxygen atoms in total. The SMILES string of the molecule is C1=Cc2c(ccc3oc4ccc(-c5cccc6c7ccc8ccccc8c7n(-c7nc(-c8ccccc8)nc(-c8ccc9c(c8)oc8ccccc89)n7)c56)cc4c23)CC1.CCC. The average molecular weight is 801 g/mol. The molecule has 0 aliphatic heterocycles. The molecule has 0 N–H and O–H groups in total. The molecule has 13 rings (SSSR count). The molecule has 0 spiro atoms. The standard InChI is InChI=1S/C53H32N4O2.C3H8/c1-2-13-33(14-3-1)51-54-52(35-22-25-40-39-17-8-9-20-44(39)59-47(40)30-35)56-53(55-51)57-49-37-16-7-5-12-32(37)21-26-42(49)41-19-10-18-38(50(41)57)34-24-27-45-43(29-34)48-36-15-6-4-11-31(36)23-28-46(48)58-45;1-3-2/h1-3,5-10,12-30H,4,11H2;3H2,1-2H3. The van der Waals surface area contributed by atoms with Crippen LogP contribution in [0.3, 0.4) is 0 Å². The zero-order valence-corrected chi connectivity index (χ0v) is 34.4. The minimum Gasteiger partial charge on any atom is -0.456 e. The Bertz CT molecular complexity index is 3760. The number of rotatable bonds is 4. The third-order valence-corrected chi connectivity index (χ3v) is 12.1. The van der Waals surface area contributed by atoms with Gasteiger partial charge in [0.25, 0.3) is 0 Å². The topological polar surface area (TPSA) is 69.9 Å². The second-order valence-electron chi connectivity index (χ2n) is 16.2. The number of para-hydroxylation sites is 2. The summed E-state index contributed by atoms with van der Waals surface area (Å²) in [5.74, 6) is 1.69. The molecule has 1 aliphatic rings. The number of benzene rings is 8. The van der Waals surface area contributed by atoms with Crippen molar-refractivity contribution in [1.29, 1.82) is 0 Å². The van der Waals surface area contributed by atoms with Gasteiger partial charge in [-0.2, -0.15) is 9.97 Å². The lowest BCUT2D eigenvalue weighted by atomic mass is 9.92. The number of nitrogens with zero attached hydrogens (tertiary/aromatic N) is 4. The van der Waals surface area contributed by atoms with E-state index in [2.05, 4.69) is 146 Å². The van der Waals surface area contributed by atoms with Gasteiger partial charge in [0.1, 0.15) is 22.3 Å². The number of fused-ring (bicyclic) bond motifs is 13. The van der Waals surface area contributed by atoms with Crippen LogP contribution in [0.25, 0.3) is 122 Å². The van der Waals surface area contributed by atoms with Crippen LogP contribution in [0, 0.1) is 0 Å². The first-order valence-corrected chi connectivity index (χ1v) is 21.5. The second kappa shape index (κ2) is 14.4. The Kier molecular flexibility index (Phi) is 8.39. The van der Waals surface area contributed by atoms with Crippen LogP contribution >= 0.6 is 0 Å². The summed E-state index contributed by atoms with van der Waals surface area (Å²) >= 11 is 0. The van der Waals surface area contributed by atoms with Crippen molar-refractivity contribution in [3.8, 4) is 39.9 Å². The molecule has 12 aromatic rings. The molecular formula is C56H40N4O2. The number of allylic oxidation sites excluding steroid dienone is 1. The van der Waals surface area contributed by atoms with E-state index < -0.39 is 0 Å². The van der Waals surface area contributed by atoms with Crippen LogP contribution in [0.2, 0.25) is 0 Å². The third kappa shape index (κ3) is 5.67. The highest BCUT2D eigenvalue weighted by Gasteiger charge is 2.23. The first-order valence-electron chi connectivity index (χ1n) is 21.5. The van der Waals surface area contributed by atoms with Crippen molar-refractivity contribution in [2.45, 2.75) is 33.1 Å². The van der Waals surface area contributed by atoms with Crippen LogP contribution in [0.5, 0.6) is 0 Å². The number of aryl methyl sites for hydroxylation is 1. The van der Waals surface area contributed by atoms with Crippen molar-refractivity contribution in [1.82, 2.24) is 19.5 Å². The Labute approximate surface area is 357 Å². The van der Waals surface area contributed by atoms with Crippen molar-refractivity contribution < 1.29 is 8.83 Å². The van der Waals surface area contributed by atoms with Gasteiger partial charge in [-0.3, -0.25) is 4.57 Å². The smallest absolute Gasteiger partial charge is 0.238 e. The van der Waals surface area contributed by atoms with Crippen molar-refractivity contribution in [2.75, 3.05) is 0 Å². The first kappa shape index (κ1) is 36.1. The molecule has 6 heteroatoms. The Morgan fingerprint density at radius 3 is 2.06 bits per heavy atom. The summed E-state index contributed by atoms with van der Waals surface area (Å²) in [7, 11) is 0. The van der Waals surface area contributed by atoms with Crippen LogP contribution in [-0.2, 0) is 6.42 Å². The molecule has 0 saturated carbocycles. The van der Waals surface area contributed by atoms with E-state index in [0.29, 0.717) is 17.6 Å². The second-order valence-corrected chi connectivity index (χ2v) is 16.2. The van der Waals surface area contributed by atoms with Crippen LogP contribution in [0.1, 0.15) is 37.8 Å². The largest absolute Gasteiger partial charge is 0.456 e. The summed E-state index contributed by atoms with van der Waals surface area (Å²) in [5, 5.41) is 8.92. The third-order valence-electron chi connectivity index (χ3n) is 12.1. The normalized spacial score (nSPS) is 12.5. The Balaban J connectivity index is 0.00000133. The molecule has 4 aromatic heterocycles. The fraction of sp³-hybridized carbons (Fsp3) is 0.0893. The van der Waals surface area contributed by atoms with Crippen molar-refractivity contribution >= 4 is 82.5 Å². The molecule has 8 aromatic carbocycles. The number of aromatic nitrogens is 4. The van der Waals surface area contributed by atoms with Gasteiger partial charge in [-0.15, -0.1) is 0 Å². The molecule has 0 saturated heterocycles. The van der Waals surface area contributed by atoms with E-state index in [1.807, 2.05) is 42.5 Å². The van der Waals surface area contributed by atoms with E-state index >= 15 is 0 Å². The molecular weight excluding hydrogens is 761 g/mol. The van der Waals surface area contributed by atoms with Gasteiger partial charge < -0.3 is 8.83 Å². The first-order chi connectivity index (χ1) is 30.6. The van der Waals surface area contributed by atoms with Crippen molar-refractivity contribution in [3.05, 3.63) is 175 Å². The van der Waals surface area contributed by atoms with Gasteiger partial charge in [-0.1, -0.05) is 154 Å². The lowest BCUT2D eigenvalue weighted by Crippen LogP contribution is -2.07. The molecule has 4 heterocycles. The van der Waals surface area contributed by atoms with Gasteiger partial charge in [0.2, 0.25) is 5.95 Å². The van der Waals surface area contributed by atoms with Crippen LogP contribution < -0.4 is 0 Å². The highest BCUT2D eigenvalue weighted by Crippen LogP contribution is 2.43. The number of hydrogen-bond acceptors (Lipinski definition) is 5. The van der Waals surface area contributed by atoms with Gasteiger partial charge in [0, 0.05) is 54.4 Å². The van der Waals surface area contributed by atoms with Gasteiger partial charge in [-0.05, 0) is 71.3 Å². The summed E-state index contributed by atoms with van der Waals surface area (Å²) in [6.07, 6.45) is 7.88. The fourth-order valence-corrected chi connectivity index (χ4v) is 9.39. The van der Waals surface area contributed by atoms with E-state index in [9.17, 15) is 0 Å². The Morgan fingerprint density at radius 1 is 0.500 bits per heavy atom. The zero-order chi connectivity index (χ0) is 41.3. The summed E-state index contributed by atoms with van der Waals surface area (Å²) in [6.45, 7) is 4.25. The van der Waals surface area contributed by atoms with Gasteiger partial charge in [0.15, 0.2) is 11.6 Å². The fourth-order valence-electron chi connectivity index (χ4n) is 9.39. The zero-order valence-electron chi connectivity index (χ0n) is 34.4. The molecule has 1 aliphatic carbocycles. The number of furan rings is 2. The minimum atomic E-state index is 0.538. The monoisotopic (exact) mass is 800 g/mol. The lowest BCUT2D eigenvalue weighted by molar-refractivity contribution is 0.668. The molecule has 0 bridgehead atoms. The van der Waals surface area contributed by atoms with E-state index in [0.717, 1.165) is 106 Å². The summed E-state index contributed by atoms with van der Waals surface area (Å²) in [5.41, 5.74) is 12.0. The lowest BCUT2D eigenvalue weighted by Gasteiger charge is -2.14. The van der Waals surface area contributed by atoms with E-state index in [4.69, 9.17) is 23.8 Å². The highest BCUT2D eigenvalue weighted by atomic mass is 16.3. The maximum atomic E-state index is 6.47. The quantitative estimate of drug-likeness (QED) is 0.177. The minimum absolute atomic E-state index is 0.538. The molecule has 0 atom stereocenters. The molecule has 0 fully saturated rings. The van der Waals surface area contributed by atoms with Gasteiger partial charge in [-0.25, -0.2) is 4.98 Å². The summed E-state index contributed by atoms with van der Waals surface area (Å²) in [4.78, 5) is 15.9. The Morgan fingerprint density at radius 2 is 1.18 bits per heavy atom. The maximum absolute atomic E-state index is 6.47. The summed E-state index contributed by atoms with van der Waals surface area (Å²) in [6, 6.07) is 55.1. The molecule has 0 unspecified atom stereocenters. The van der Waals surface area contributed by atoms with Crippen LogP contribution in [0.15, 0.2) is 173 Å². The molecule has 0 amide bonds. The van der Waals surface area contributed by atoms with Crippen LogP contribution in [0.4, 0.5) is 0 Å². The average Bonchev–Trinajstić information content (AvgIpc) is 4.01. The van der Waals surface area contributed by atoms with E-state index in [-0.39, 0.29) is 0 Å². The summed E-state index contributed by atoms with van der Waals surface area (Å²) < 4.78 is 15.1. The van der Waals surface area contributed by atoms with Gasteiger partial charge >= 0.3 is 0 Å². The van der Waals surface area contributed by atoms with E-state index in [1.54, 1.807) is 0 Å². The molecule has 0 radical (unpaired) electrons. The Hall–Kier alpha value is -7.83.